The quantitative estimate of drug-likeness (QED) is 0.264. The van der Waals surface area contributed by atoms with Crippen molar-refractivity contribution in [3.63, 3.8) is 0 Å². The van der Waals surface area contributed by atoms with Crippen LogP contribution in [0.3, 0.4) is 0 Å². The zero-order chi connectivity index (χ0) is 29.1. The first-order valence-electron chi connectivity index (χ1n) is 12.8. The van der Waals surface area contributed by atoms with Gasteiger partial charge in [0, 0.05) is 5.56 Å². The summed E-state index contributed by atoms with van der Waals surface area (Å²) in [5.41, 5.74) is 2.17. The molecule has 4 aromatic rings. The maximum Gasteiger partial charge on any atom is 0.338 e. The fourth-order valence-electron chi connectivity index (χ4n) is 4.61. The summed E-state index contributed by atoms with van der Waals surface area (Å²) in [5.74, 6) is -0.186. The maximum atomic E-state index is 14.3. The van der Waals surface area contributed by atoms with E-state index in [9.17, 15) is 14.0 Å². The van der Waals surface area contributed by atoms with Crippen LogP contribution in [-0.4, -0.2) is 24.3 Å². The first kappa shape index (κ1) is 28.3. The molecule has 0 spiro atoms. The Morgan fingerprint density at radius 3 is 2.61 bits per heavy atom. The second kappa shape index (κ2) is 12.1. The monoisotopic (exact) mass is 592 g/mol. The van der Waals surface area contributed by atoms with Crippen LogP contribution in [0.15, 0.2) is 87.8 Å². The summed E-state index contributed by atoms with van der Waals surface area (Å²) in [4.78, 5) is 31.9. The number of benzene rings is 3. The van der Waals surface area contributed by atoms with E-state index < -0.39 is 17.8 Å². The van der Waals surface area contributed by atoms with E-state index in [1.165, 1.54) is 35.1 Å². The van der Waals surface area contributed by atoms with Gasteiger partial charge in [-0.3, -0.25) is 9.36 Å². The molecule has 3 aromatic carbocycles. The topological polar surface area (TPSA) is 79.1 Å². The number of nitrogens with zero attached hydrogens (tertiary/aromatic N) is 2. The minimum atomic E-state index is -0.686. The molecular formula is C31H26ClFN2O5S. The lowest BCUT2D eigenvalue weighted by atomic mass is 9.96. The van der Waals surface area contributed by atoms with Gasteiger partial charge in [-0.1, -0.05) is 65.4 Å². The summed E-state index contributed by atoms with van der Waals surface area (Å²) in [6.07, 6.45) is 1.72. The number of hydrogen-bond donors (Lipinski definition) is 0. The van der Waals surface area contributed by atoms with E-state index in [1.54, 1.807) is 44.2 Å². The Kier molecular flexibility index (Phi) is 8.37. The van der Waals surface area contributed by atoms with Crippen molar-refractivity contribution in [2.24, 2.45) is 4.99 Å². The zero-order valence-electron chi connectivity index (χ0n) is 22.5. The number of esters is 1. The molecule has 210 valence electrons. The molecule has 1 unspecified atom stereocenters. The fourth-order valence-corrected chi connectivity index (χ4v) is 5.87. The summed E-state index contributed by atoms with van der Waals surface area (Å²) in [5, 5.41) is 0.256. The second-order valence-electron chi connectivity index (χ2n) is 9.11. The molecule has 1 aliphatic rings. The molecule has 1 atom stereocenters. The minimum absolute atomic E-state index is 0.111. The summed E-state index contributed by atoms with van der Waals surface area (Å²) >= 11 is 7.37. The van der Waals surface area contributed by atoms with Gasteiger partial charge in [-0.2, -0.15) is 0 Å². The van der Waals surface area contributed by atoms with E-state index in [-0.39, 0.29) is 29.4 Å². The number of fused-ring (bicyclic) bond motifs is 1. The van der Waals surface area contributed by atoms with Crippen LogP contribution < -0.4 is 24.4 Å². The summed E-state index contributed by atoms with van der Waals surface area (Å²) < 4.78 is 32.9. The highest BCUT2D eigenvalue weighted by Crippen LogP contribution is 2.32. The Balaban J connectivity index is 1.57. The van der Waals surface area contributed by atoms with Crippen LogP contribution >= 0.6 is 22.9 Å². The minimum Gasteiger partial charge on any atom is -0.493 e. The smallest absolute Gasteiger partial charge is 0.338 e. The Morgan fingerprint density at radius 1 is 1.12 bits per heavy atom. The number of thiazole rings is 1. The van der Waals surface area contributed by atoms with Gasteiger partial charge in [0.1, 0.15) is 12.4 Å². The van der Waals surface area contributed by atoms with Crippen LogP contribution in [0.1, 0.15) is 36.6 Å². The van der Waals surface area contributed by atoms with Gasteiger partial charge in [0.2, 0.25) is 0 Å². The van der Waals surface area contributed by atoms with E-state index in [0.29, 0.717) is 37.7 Å². The molecule has 1 aromatic heterocycles. The van der Waals surface area contributed by atoms with Crippen molar-refractivity contribution in [1.29, 1.82) is 0 Å². The SMILES string of the molecule is CCOC(=O)C1=C(C)N=c2s/c(=C/c3ccc(OC)c(OCc4c(F)cccc4Cl)c3)c(=O)n2C1c1ccccc1. The number of aromatic nitrogens is 1. The molecule has 1 aliphatic heterocycles. The number of rotatable bonds is 8. The molecule has 0 N–H and O–H groups in total. The molecule has 0 radical (unpaired) electrons. The number of carbonyl (C=O) groups is 1. The highest BCUT2D eigenvalue weighted by atomic mass is 35.5. The van der Waals surface area contributed by atoms with Gasteiger partial charge in [0.05, 0.1) is 40.6 Å². The number of methoxy groups -OCH3 is 1. The van der Waals surface area contributed by atoms with Gasteiger partial charge in [0.15, 0.2) is 16.3 Å². The van der Waals surface area contributed by atoms with Crippen LogP contribution in [0.5, 0.6) is 11.5 Å². The van der Waals surface area contributed by atoms with Crippen molar-refractivity contribution < 1.29 is 23.4 Å². The standard InChI is InChI=1S/C31H26ClFN2O5S/c1-4-39-30(37)27-18(2)34-31-35(28(27)20-9-6-5-7-10-20)29(36)26(41-31)16-19-13-14-24(38-3)25(15-19)40-17-21-22(32)11-8-12-23(21)33/h5-16,28H,4,17H2,1-3H3/b26-16+. The van der Waals surface area contributed by atoms with E-state index in [0.717, 1.165) is 5.56 Å². The van der Waals surface area contributed by atoms with Crippen molar-refractivity contribution in [2.75, 3.05) is 13.7 Å². The first-order chi connectivity index (χ1) is 19.8. The van der Waals surface area contributed by atoms with Crippen molar-refractivity contribution in [2.45, 2.75) is 26.5 Å². The molecular weight excluding hydrogens is 567 g/mol. The maximum absolute atomic E-state index is 14.3. The molecule has 0 saturated carbocycles. The van der Waals surface area contributed by atoms with E-state index in [4.69, 9.17) is 25.8 Å². The molecule has 0 amide bonds. The molecule has 5 rings (SSSR count). The van der Waals surface area contributed by atoms with E-state index in [2.05, 4.69) is 4.99 Å². The normalized spacial score (nSPS) is 14.9. The van der Waals surface area contributed by atoms with Crippen molar-refractivity contribution in [1.82, 2.24) is 4.57 Å². The van der Waals surface area contributed by atoms with Crippen LogP contribution in [-0.2, 0) is 16.1 Å². The number of ether oxygens (including phenoxy) is 3. The highest BCUT2D eigenvalue weighted by molar-refractivity contribution is 7.07. The van der Waals surface area contributed by atoms with Gasteiger partial charge in [-0.15, -0.1) is 0 Å². The third kappa shape index (κ3) is 5.68. The predicted molar refractivity (Wildman–Crippen MR) is 156 cm³/mol. The lowest BCUT2D eigenvalue weighted by Crippen LogP contribution is -2.39. The Morgan fingerprint density at radius 2 is 1.90 bits per heavy atom. The Hall–Kier alpha value is -4.21. The predicted octanol–water partition coefficient (Wildman–Crippen LogP) is 5.18. The molecule has 0 saturated heterocycles. The van der Waals surface area contributed by atoms with E-state index in [1.807, 2.05) is 30.3 Å². The van der Waals surface area contributed by atoms with E-state index >= 15 is 0 Å². The number of carbonyl (C=O) groups excluding carboxylic acids is 1. The van der Waals surface area contributed by atoms with Crippen LogP contribution in [0.25, 0.3) is 6.08 Å². The molecule has 10 heteroatoms. The largest absolute Gasteiger partial charge is 0.493 e. The highest BCUT2D eigenvalue weighted by Gasteiger charge is 2.33. The first-order valence-corrected chi connectivity index (χ1v) is 14.0. The number of allylic oxidation sites excluding steroid dienone is 1. The zero-order valence-corrected chi connectivity index (χ0v) is 24.1. The molecule has 41 heavy (non-hydrogen) atoms. The van der Waals surface area contributed by atoms with Crippen molar-refractivity contribution in [3.05, 3.63) is 125 Å². The third-order valence-corrected chi connectivity index (χ3v) is 7.89. The molecule has 7 nitrogen and oxygen atoms in total. The third-order valence-electron chi connectivity index (χ3n) is 6.55. The Labute approximate surface area is 244 Å². The van der Waals surface area contributed by atoms with Crippen LogP contribution in [0.4, 0.5) is 4.39 Å². The van der Waals surface area contributed by atoms with Crippen LogP contribution in [0, 0.1) is 5.82 Å². The molecule has 0 fully saturated rings. The van der Waals surface area contributed by atoms with Gasteiger partial charge in [-0.25, -0.2) is 14.2 Å². The molecule has 0 bridgehead atoms. The van der Waals surface area contributed by atoms with Gasteiger partial charge < -0.3 is 14.2 Å². The molecule has 2 heterocycles. The number of hydrogen-bond acceptors (Lipinski definition) is 7. The number of halogens is 2. The van der Waals surface area contributed by atoms with Gasteiger partial charge in [-0.05, 0) is 55.3 Å². The summed E-state index contributed by atoms with van der Waals surface area (Å²) in [6.45, 7) is 3.57. The average molecular weight is 593 g/mol. The Bertz CT molecular complexity index is 1810. The molecule has 0 aliphatic carbocycles. The average Bonchev–Trinajstić information content (AvgIpc) is 3.26. The lowest BCUT2D eigenvalue weighted by Gasteiger charge is -2.24. The lowest BCUT2D eigenvalue weighted by molar-refractivity contribution is -0.139. The van der Waals surface area contributed by atoms with Gasteiger partial charge in [0.25, 0.3) is 5.56 Å². The summed E-state index contributed by atoms with van der Waals surface area (Å²) in [6, 6.07) is 18.3. The van der Waals surface area contributed by atoms with Gasteiger partial charge >= 0.3 is 5.97 Å². The van der Waals surface area contributed by atoms with Crippen molar-refractivity contribution in [3.8, 4) is 11.5 Å². The second-order valence-corrected chi connectivity index (χ2v) is 10.5. The summed E-state index contributed by atoms with van der Waals surface area (Å²) in [7, 11) is 1.50. The van der Waals surface area contributed by atoms with Crippen LogP contribution in [0.2, 0.25) is 5.02 Å². The van der Waals surface area contributed by atoms with Crippen molar-refractivity contribution >= 4 is 35.0 Å². The fraction of sp³-hybridized carbons (Fsp3) is 0.194.